The van der Waals surface area contributed by atoms with Crippen LogP contribution in [0.2, 0.25) is 0 Å². The third-order valence-corrected chi connectivity index (χ3v) is 4.43. The van der Waals surface area contributed by atoms with Gasteiger partial charge in [0.1, 0.15) is 0 Å². The maximum Gasteiger partial charge on any atom is 0.0106 e. The molecule has 106 valence electrons. The predicted molar refractivity (Wildman–Crippen MR) is 89.5 cm³/mol. The molecule has 0 atom stereocenters. The van der Waals surface area contributed by atoms with Gasteiger partial charge in [-0.1, -0.05) is 62.4 Å². The molecule has 0 saturated heterocycles. The largest absolute Gasteiger partial charge is 0.315 e. The first-order valence-corrected chi connectivity index (χ1v) is 8.11. The van der Waals surface area contributed by atoms with Crippen LogP contribution in [0.1, 0.15) is 19.4 Å². The van der Waals surface area contributed by atoms with Crippen molar-refractivity contribution in [2.45, 2.75) is 24.2 Å². The Labute approximate surface area is 126 Å². The van der Waals surface area contributed by atoms with Gasteiger partial charge in [0, 0.05) is 29.2 Å². The summed E-state index contributed by atoms with van der Waals surface area (Å²) in [6.07, 6.45) is 0. The molecule has 2 rings (SSSR count). The van der Waals surface area contributed by atoms with E-state index in [4.69, 9.17) is 0 Å². The Bertz CT molecular complexity index is 493. The molecule has 0 aromatic heterocycles. The van der Waals surface area contributed by atoms with E-state index < -0.39 is 0 Å². The third kappa shape index (κ3) is 4.69. The summed E-state index contributed by atoms with van der Waals surface area (Å²) in [7, 11) is 0. The fourth-order valence-electron chi connectivity index (χ4n) is 2.15. The Balaban J connectivity index is 1.70. The number of thioether (sulfide) groups is 1. The molecule has 0 aliphatic heterocycles. The second-order valence-corrected chi connectivity index (χ2v) is 6.76. The number of benzene rings is 2. The first kappa shape index (κ1) is 15.1. The summed E-state index contributed by atoms with van der Waals surface area (Å²) in [4.78, 5) is 1.34. The van der Waals surface area contributed by atoms with Crippen LogP contribution in [0.3, 0.4) is 0 Å². The lowest BCUT2D eigenvalue weighted by Crippen LogP contribution is -2.34. The minimum absolute atomic E-state index is 0.179. The fourth-order valence-corrected chi connectivity index (χ4v) is 2.98. The van der Waals surface area contributed by atoms with Crippen LogP contribution in [-0.4, -0.2) is 18.8 Å². The van der Waals surface area contributed by atoms with Gasteiger partial charge >= 0.3 is 0 Å². The minimum Gasteiger partial charge on any atom is -0.315 e. The zero-order valence-corrected chi connectivity index (χ0v) is 13.1. The second-order valence-electron chi connectivity index (χ2n) is 5.59. The van der Waals surface area contributed by atoms with E-state index in [-0.39, 0.29) is 5.41 Å². The summed E-state index contributed by atoms with van der Waals surface area (Å²) >= 11 is 1.90. The van der Waals surface area contributed by atoms with Crippen molar-refractivity contribution in [1.82, 2.24) is 5.32 Å². The van der Waals surface area contributed by atoms with Gasteiger partial charge in [-0.15, -0.1) is 11.8 Å². The smallest absolute Gasteiger partial charge is 0.0106 e. The van der Waals surface area contributed by atoms with E-state index in [1.165, 1.54) is 10.5 Å². The molecule has 0 unspecified atom stereocenters. The van der Waals surface area contributed by atoms with Crippen LogP contribution in [0.4, 0.5) is 0 Å². The van der Waals surface area contributed by atoms with Gasteiger partial charge in [0.05, 0.1) is 0 Å². The molecule has 0 amide bonds. The second kappa shape index (κ2) is 7.51. The zero-order valence-electron chi connectivity index (χ0n) is 12.3. The van der Waals surface area contributed by atoms with Crippen LogP contribution >= 0.6 is 11.8 Å². The molecule has 0 fully saturated rings. The van der Waals surface area contributed by atoms with Gasteiger partial charge in [-0.25, -0.2) is 0 Å². The van der Waals surface area contributed by atoms with Crippen LogP contribution in [0, 0.1) is 0 Å². The Hall–Kier alpha value is -1.25. The Morgan fingerprint density at radius 1 is 0.900 bits per heavy atom. The molecule has 1 nitrogen and oxygen atoms in total. The van der Waals surface area contributed by atoms with Crippen molar-refractivity contribution < 1.29 is 0 Å². The average Bonchev–Trinajstić information content (AvgIpc) is 2.49. The Kier molecular flexibility index (Phi) is 5.69. The van der Waals surface area contributed by atoms with Gasteiger partial charge < -0.3 is 5.32 Å². The highest BCUT2D eigenvalue weighted by Crippen LogP contribution is 2.22. The molecule has 0 aliphatic carbocycles. The number of rotatable bonds is 7. The Morgan fingerprint density at radius 2 is 1.50 bits per heavy atom. The highest BCUT2D eigenvalue weighted by molar-refractivity contribution is 7.99. The fraction of sp³-hybridized carbons (Fsp3) is 0.333. The van der Waals surface area contributed by atoms with E-state index in [1.807, 2.05) is 11.8 Å². The number of nitrogens with one attached hydrogen (secondary N) is 1. The summed E-state index contributed by atoms with van der Waals surface area (Å²) in [5.41, 5.74) is 1.57. The molecule has 20 heavy (non-hydrogen) atoms. The summed E-state index contributed by atoms with van der Waals surface area (Å²) in [6.45, 7) is 6.63. The highest BCUT2D eigenvalue weighted by Gasteiger charge is 2.19. The molecule has 0 aliphatic rings. The van der Waals surface area contributed by atoms with Gasteiger partial charge in [0.2, 0.25) is 0 Å². The lowest BCUT2D eigenvalue weighted by Gasteiger charge is -2.25. The number of hydrogen-bond donors (Lipinski definition) is 1. The minimum atomic E-state index is 0.179. The first-order chi connectivity index (χ1) is 9.68. The standard InChI is InChI=1S/C18H23NS/c1-18(2,16-9-5-3-6-10-16)15-19-13-14-20-17-11-7-4-8-12-17/h3-12,19H,13-15H2,1-2H3. The van der Waals surface area contributed by atoms with E-state index in [2.05, 4.69) is 79.8 Å². The first-order valence-electron chi connectivity index (χ1n) is 7.12. The molecule has 1 N–H and O–H groups in total. The van der Waals surface area contributed by atoms with Crippen LogP contribution in [0.5, 0.6) is 0 Å². The van der Waals surface area contributed by atoms with E-state index in [9.17, 15) is 0 Å². The summed E-state index contributed by atoms with van der Waals surface area (Å²) in [5, 5.41) is 3.57. The SMILES string of the molecule is CC(C)(CNCCSc1ccccc1)c1ccccc1. The van der Waals surface area contributed by atoms with Gasteiger partial charge in [-0.3, -0.25) is 0 Å². The van der Waals surface area contributed by atoms with E-state index in [0.717, 1.165) is 18.8 Å². The average molecular weight is 285 g/mol. The van der Waals surface area contributed by atoms with Crippen molar-refractivity contribution in [2.75, 3.05) is 18.8 Å². The molecule has 2 aromatic carbocycles. The van der Waals surface area contributed by atoms with E-state index in [1.54, 1.807) is 0 Å². The Morgan fingerprint density at radius 3 is 2.15 bits per heavy atom. The normalized spacial score (nSPS) is 11.5. The van der Waals surface area contributed by atoms with Crippen molar-refractivity contribution in [3.8, 4) is 0 Å². The summed E-state index contributed by atoms with van der Waals surface area (Å²) in [6, 6.07) is 21.3. The van der Waals surface area contributed by atoms with Crippen molar-refractivity contribution in [2.24, 2.45) is 0 Å². The predicted octanol–water partition coefficient (Wildman–Crippen LogP) is 4.35. The molecule has 0 bridgehead atoms. The van der Waals surface area contributed by atoms with Crippen LogP contribution in [0.15, 0.2) is 65.6 Å². The number of hydrogen-bond acceptors (Lipinski definition) is 2. The monoisotopic (exact) mass is 285 g/mol. The topological polar surface area (TPSA) is 12.0 Å². The maximum atomic E-state index is 3.57. The van der Waals surface area contributed by atoms with Gasteiger partial charge in [-0.05, 0) is 17.7 Å². The third-order valence-electron chi connectivity index (χ3n) is 3.41. The zero-order chi connectivity index (χ0) is 14.3. The van der Waals surface area contributed by atoms with E-state index in [0.29, 0.717) is 0 Å². The lowest BCUT2D eigenvalue weighted by molar-refractivity contribution is 0.478. The maximum absolute atomic E-state index is 3.57. The van der Waals surface area contributed by atoms with Crippen molar-refractivity contribution in [1.29, 1.82) is 0 Å². The van der Waals surface area contributed by atoms with Gasteiger partial charge in [0.15, 0.2) is 0 Å². The van der Waals surface area contributed by atoms with Crippen LogP contribution < -0.4 is 5.32 Å². The summed E-state index contributed by atoms with van der Waals surface area (Å²) in [5.74, 6) is 1.11. The van der Waals surface area contributed by atoms with Crippen LogP contribution in [0.25, 0.3) is 0 Å². The lowest BCUT2D eigenvalue weighted by atomic mass is 9.85. The van der Waals surface area contributed by atoms with Crippen LogP contribution in [-0.2, 0) is 5.41 Å². The highest BCUT2D eigenvalue weighted by atomic mass is 32.2. The molecular formula is C18H23NS. The van der Waals surface area contributed by atoms with Gasteiger partial charge in [-0.2, -0.15) is 0 Å². The van der Waals surface area contributed by atoms with E-state index >= 15 is 0 Å². The van der Waals surface area contributed by atoms with Gasteiger partial charge in [0.25, 0.3) is 0 Å². The van der Waals surface area contributed by atoms with Crippen molar-refractivity contribution in [3.05, 3.63) is 66.2 Å². The van der Waals surface area contributed by atoms with Crippen molar-refractivity contribution >= 4 is 11.8 Å². The molecule has 2 heteroatoms. The summed E-state index contributed by atoms with van der Waals surface area (Å²) < 4.78 is 0. The molecule has 0 heterocycles. The molecular weight excluding hydrogens is 262 g/mol. The molecule has 0 spiro atoms. The molecule has 0 radical (unpaired) electrons. The van der Waals surface area contributed by atoms with Crippen molar-refractivity contribution in [3.63, 3.8) is 0 Å². The molecule has 2 aromatic rings. The quantitative estimate of drug-likeness (QED) is 0.600. The molecule has 0 saturated carbocycles.